The molecule has 0 bridgehead atoms. The van der Waals surface area contributed by atoms with Gasteiger partial charge in [0, 0.05) is 33.0 Å². The first-order valence-corrected chi connectivity index (χ1v) is 8.94. The summed E-state index contributed by atoms with van der Waals surface area (Å²) in [6, 6.07) is 22.5. The molecule has 3 aromatic carbocycles. The number of methoxy groups -OCH3 is 1. The zero-order valence-corrected chi connectivity index (χ0v) is 15.1. The molecule has 5 rings (SSSR count). The minimum atomic E-state index is -0.436. The fraction of sp³-hybridized carbons (Fsp3) is 0.0417. The predicted molar refractivity (Wildman–Crippen MR) is 107 cm³/mol. The number of ketones is 1. The molecular weight excluding hydrogens is 350 g/mol. The van der Waals surface area contributed by atoms with E-state index < -0.39 is 5.97 Å². The molecule has 4 nitrogen and oxygen atoms in total. The molecule has 0 saturated carbocycles. The van der Waals surface area contributed by atoms with Crippen LogP contribution in [-0.2, 0) is 4.74 Å². The van der Waals surface area contributed by atoms with Gasteiger partial charge in [-0.25, -0.2) is 9.78 Å². The molecule has 0 aliphatic heterocycles. The van der Waals surface area contributed by atoms with Crippen molar-refractivity contribution in [1.29, 1.82) is 0 Å². The van der Waals surface area contributed by atoms with Gasteiger partial charge in [-0.2, -0.15) is 0 Å². The van der Waals surface area contributed by atoms with Crippen molar-refractivity contribution in [3.8, 4) is 22.5 Å². The molecule has 0 radical (unpaired) electrons. The smallest absolute Gasteiger partial charge is 0.338 e. The maximum absolute atomic E-state index is 13.1. The van der Waals surface area contributed by atoms with Crippen molar-refractivity contribution in [2.24, 2.45) is 0 Å². The number of hydrogen-bond acceptors (Lipinski definition) is 4. The van der Waals surface area contributed by atoms with E-state index in [1.165, 1.54) is 7.11 Å². The van der Waals surface area contributed by atoms with Gasteiger partial charge in [-0.1, -0.05) is 54.6 Å². The Labute approximate surface area is 161 Å². The van der Waals surface area contributed by atoms with Crippen LogP contribution < -0.4 is 0 Å². The molecule has 0 saturated heterocycles. The van der Waals surface area contributed by atoms with E-state index in [0.29, 0.717) is 33.2 Å². The summed E-state index contributed by atoms with van der Waals surface area (Å²) in [5, 5.41) is 1.38. The van der Waals surface area contributed by atoms with Crippen LogP contribution in [0.3, 0.4) is 0 Å². The number of ether oxygens (including phenoxy) is 1. The van der Waals surface area contributed by atoms with Crippen LogP contribution in [0.5, 0.6) is 0 Å². The van der Waals surface area contributed by atoms with Gasteiger partial charge in [0.2, 0.25) is 0 Å². The molecule has 28 heavy (non-hydrogen) atoms. The van der Waals surface area contributed by atoms with Gasteiger partial charge >= 0.3 is 5.97 Å². The highest BCUT2D eigenvalue weighted by molar-refractivity contribution is 6.27. The topological polar surface area (TPSA) is 56.3 Å². The second kappa shape index (κ2) is 6.13. The Bertz CT molecular complexity index is 1280. The molecule has 0 N–H and O–H groups in total. The number of fused-ring (bicyclic) bond motifs is 2. The van der Waals surface area contributed by atoms with Crippen LogP contribution in [-0.4, -0.2) is 23.8 Å². The van der Waals surface area contributed by atoms with E-state index in [-0.39, 0.29) is 5.78 Å². The lowest BCUT2D eigenvalue weighted by atomic mass is 9.84. The molecule has 0 spiro atoms. The molecule has 1 aliphatic rings. The number of rotatable bonds is 2. The molecule has 1 aliphatic carbocycles. The van der Waals surface area contributed by atoms with Gasteiger partial charge in [0.25, 0.3) is 0 Å². The van der Waals surface area contributed by atoms with Crippen LogP contribution in [0.4, 0.5) is 0 Å². The van der Waals surface area contributed by atoms with Gasteiger partial charge in [0.15, 0.2) is 5.78 Å². The van der Waals surface area contributed by atoms with Crippen molar-refractivity contribution in [1.82, 2.24) is 4.98 Å². The fourth-order valence-corrected chi connectivity index (χ4v) is 3.83. The maximum Gasteiger partial charge on any atom is 0.338 e. The maximum atomic E-state index is 13.1. The lowest BCUT2D eigenvalue weighted by Crippen LogP contribution is -2.13. The number of nitrogens with zero attached hydrogens (tertiary/aromatic N) is 1. The second-order valence-corrected chi connectivity index (χ2v) is 6.67. The normalized spacial score (nSPS) is 12.0. The molecule has 1 aromatic heterocycles. The summed E-state index contributed by atoms with van der Waals surface area (Å²) in [5.74, 6) is -0.493. The molecule has 4 heteroatoms. The van der Waals surface area contributed by atoms with E-state index in [9.17, 15) is 9.59 Å². The van der Waals surface area contributed by atoms with E-state index in [2.05, 4.69) is 0 Å². The summed E-state index contributed by atoms with van der Waals surface area (Å²) in [6.07, 6.45) is 0. The standard InChI is InChI=1S/C24H15NO3/c1-28-24(27)17-11-12-18-21-19(17)13-20(14-7-3-2-4-8-14)25-22(21)15-9-5-6-10-16(15)23(18)26/h2-13H,1H3. The summed E-state index contributed by atoms with van der Waals surface area (Å²) in [7, 11) is 1.36. The van der Waals surface area contributed by atoms with Crippen LogP contribution in [0.1, 0.15) is 26.3 Å². The average molecular weight is 365 g/mol. The van der Waals surface area contributed by atoms with Crippen LogP contribution in [0.15, 0.2) is 72.8 Å². The summed E-state index contributed by atoms with van der Waals surface area (Å²) < 4.78 is 4.97. The van der Waals surface area contributed by atoms with Gasteiger partial charge < -0.3 is 4.74 Å². The largest absolute Gasteiger partial charge is 0.465 e. The third kappa shape index (κ3) is 2.28. The number of hydrogen-bond donors (Lipinski definition) is 0. The van der Waals surface area contributed by atoms with Gasteiger partial charge in [-0.05, 0) is 18.2 Å². The van der Waals surface area contributed by atoms with Gasteiger partial charge in [-0.15, -0.1) is 0 Å². The summed E-state index contributed by atoms with van der Waals surface area (Å²) in [4.78, 5) is 30.4. The third-order valence-electron chi connectivity index (χ3n) is 5.14. The highest BCUT2D eigenvalue weighted by Gasteiger charge is 2.28. The van der Waals surface area contributed by atoms with E-state index in [4.69, 9.17) is 9.72 Å². The lowest BCUT2D eigenvalue weighted by molar-refractivity contribution is 0.0602. The number of carbonyl (C=O) groups excluding carboxylic acids is 2. The Balaban J connectivity index is 1.95. The van der Waals surface area contributed by atoms with Crippen molar-refractivity contribution >= 4 is 22.5 Å². The first kappa shape index (κ1) is 16.4. The zero-order chi connectivity index (χ0) is 19.3. The minimum Gasteiger partial charge on any atom is -0.465 e. The van der Waals surface area contributed by atoms with Gasteiger partial charge in [-0.3, -0.25) is 4.79 Å². The number of esters is 1. The van der Waals surface area contributed by atoms with Crippen molar-refractivity contribution in [3.63, 3.8) is 0 Å². The second-order valence-electron chi connectivity index (χ2n) is 6.67. The van der Waals surface area contributed by atoms with E-state index >= 15 is 0 Å². The van der Waals surface area contributed by atoms with E-state index in [0.717, 1.165) is 16.8 Å². The van der Waals surface area contributed by atoms with Crippen LogP contribution in [0.25, 0.3) is 33.3 Å². The molecule has 0 fully saturated rings. The van der Waals surface area contributed by atoms with Crippen molar-refractivity contribution in [2.75, 3.05) is 7.11 Å². The summed E-state index contributed by atoms with van der Waals surface area (Å²) in [5.41, 5.74) is 4.79. The quantitative estimate of drug-likeness (QED) is 0.418. The number of carbonyl (C=O) groups is 2. The Kier molecular flexibility index (Phi) is 3.59. The molecule has 0 atom stereocenters. The minimum absolute atomic E-state index is 0.0567. The van der Waals surface area contributed by atoms with Crippen LogP contribution in [0, 0.1) is 0 Å². The molecule has 0 unspecified atom stereocenters. The van der Waals surface area contributed by atoms with Crippen LogP contribution >= 0.6 is 0 Å². The molecule has 1 heterocycles. The number of aromatic nitrogens is 1. The van der Waals surface area contributed by atoms with Gasteiger partial charge in [0.05, 0.1) is 24.1 Å². The SMILES string of the molecule is COC(=O)c1ccc2c3c(nc(-c4ccccc4)cc13)-c1ccccc1C2=O. The highest BCUT2D eigenvalue weighted by atomic mass is 16.5. The zero-order valence-electron chi connectivity index (χ0n) is 15.1. The Morgan fingerprint density at radius 3 is 2.32 bits per heavy atom. The number of benzene rings is 3. The molecular formula is C24H15NO3. The lowest BCUT2D eigenvalue weighted by Gasteiger charge is -2.21. The van der Waals surface area contributed by atoms with E-state index in [1.54, 1.807) is 12.1 Å². The average Bonchev–Trinajstić information content (AvgIpc) is 2.76. The van der Waals surface area contributed by atoms with Crippen molar-refractivity contribution in [2.45, 2.75) is 0 Å². The van der Waals surface area contributed by atoms with Crippen molar-refractivity contribution in [3.05, 3.63) is 89.5 Å². The molecule has 134 valence electrons. The third-order valence-corrected chi connectivity index (χ3v) is 5.14. The monoisotopic (exact) mass is 365 g/mol. The molecule has 0 amide bonds. The van der Waals surface area contributed by atoms with E-state index in [1.807, 2.05) is 60.7 Å². The summed E-state index contributed by atoms with van der Waals surface area (Å²) >= 11 is 0. The van der Waals surface area contributed by atoms with Gasteiger partial charge in [0.1, 0.15) is 0 Å². The Hall–Kier alpha value is -3.79. The first-order valence-electron chi connectivity index (χ1n) is 8.94. The van der Waals surface area contributed by atoms with Crippen LogP contribution in [0.2, 0.25) is 0 Å². The Morgan fingerprint density at radius 1 is 0.857 bits per heavy atom. The molecule has 4 aromatic rings. The van der Waals surface area contributed by atoms with Crippen molar-refractivity contribution < 1.29 is 14.3 Å². The Morgan fingerprint density at radius 2 is 1.57 bits per heavy atom. The number of pyridine rings is 1. The predicted octanol–water partition coefficient (Wildman–Crippen LogP) is 4.90. The highest BCUT2D eigenvalue weighted by Crippen LogP contribution is 2.41. The first-order chi connectivity index (χ1) is 13.7. The summed E-state index contributed by atoms with van der Waals surface area (Å²) in [6.45, 7) is 0. The fourth-order valence-electron chi connectivity index (χ4n) is 3.83.